The monoisotopic (exact) mass is 228 g/mol. The van der Waals surface area contributed by atoms with Crippen LogP contribution in [0.3, 0.4) is 0 Å². The van der Waals surface area contributed by atoms with Gasteiger partial charge >= 0.3 is 0 Å². The summed E-state index contributed by atoms with van der Waals surface area (Å²) >= 11 is 3.53. The molecule has 0 saturated carbocycles. The van der Waals surface area contributed by atoms with Crippen molar-refractivity contribution in [2.75, 3.05) is 0 Å². The van der Waals surface area contributed by atoms with E-state index < -0.39 is 0 Å². The van der Waals surface area contributed by atoms with Crippen LogP contribution in [-0.2, 0) is 0 Å². The predicted octanol–water partition coefficient (Wildman–Crippen LogP) is 3.34. The molecule has 0 saturated heterocycles. The average molecular weight is 229 g/mol. The molecule has 2 nitrogen and oxygen atoms in total. The molecule has 1 N–H and O–H groups in total. The second kappa shape index (κ2) is 2.66. The number of ether oxygens (including phenoxy) is 1. The molecule has 0 spiro atoms. The van der Waals surface area contributed by atoms with Crippen LogP contribution in [0.2, 0.25) is 0 Å². The largest absolute Gasteiger partial charge is 0.504 e. The Morgan fingerprint density at radius 1 is 1.50 bits per heavy atom. The summed E-state index contributed by atoms with van der Waals surface area (Å²) in [4.78, 5) is 0.328. The summed E-state index contributed by atoms with van der Waals surface area (Å²) in [6.45, 7) is 2.10. The number of rotatable bonds is 2. The molecule has 3 heteroatoms. The van der Waals surface area contributed by atoms with Gasteiger partial charge in [0.2, 0.25) is 5.75 Å². The number of fused-ring (bicyclic) bond motifs is 1. The number of phenolic OH excluding ortho intramolecular Hbond substituents is 1. The Morgan fingerprint density at radius 3 is 2.92 bits per heavy atom. The molecule has 1 heterocycles. The van der Waals surface area contributed by atoms with Crippen LogP contribution in [0.1, 0.15) is 23.7 Å². The minimum Gasteiger partial charge on any atom is -0.504 e. The van der Waals surface area contributed by atoms with Crippen molar-refractivity contribution in [2.45, 2.75) is 18.2 Å². The normalized spacial score (nSPS) is 14.8. The van der Waals surface area contributed by atoms with E-state index in [0.717, 1.165) is 17.7 Å². The second-order valence-electron chi connectivity index (χ2n) is 2.81. The maximum absolute atomic E-state index is 9.21. The van der Waals surface area contributed by atoms with Crippen molar-refractivity contribution in [3.8, 4) is 17.2 Å². The van der Waals surface area contributed by atoms with Gasteiger partial charge in [0.15, 0.2) is 11.5 Å². The molecule has 1 aromatic rings. The minimum absolute atomic E-state index is 0.240. The van der Waals surface area contributed by atoms with E-state index in [1.54, 1.807) is 6.07 Å². The smallest absolute Gasteiger partial charge is 0.212 e. The Bertz CT molecular complexity index is 323. The summed E-state index contributed by atoms with van der Waals surface area (Å²) in [5, 5.41) is 9.21. The molecule has 0 amide bonds. The summed E-state index contributed by atoms with van der Waals surface area (Å²) < 4.78 is 5.14. The third-order valence-electron chi connectivity index (χ3n) is 1.98. The number of phenols is 1. The molecule has 0 bridgehead atoms. The molecule has 12 heavy (non-hydrogen) atoms. The van der Waals surface area contributed by atoms with Gasteiger partial charge in [0.1, 0.15) is 0 Å². The molecule has 64 valence electrons. The van der Waals surface area contributed by atoms with Gasteiger partial charge in [0.25, 0.3) is 0 Å². The number of alkyl halides is 1. The van der Waals surface area contributed by atoms with Crippen molar-refractivity contribution in [1.29, 1.82) is 0 Å². The van der Waals surface area contributed by atoms with Crippen LogP contribution in [0, 0.1) is 0 Å². The molecule has 1 atom stereocenters. The van der Waals surface area contributed by atoms with Crippen molar-refractivity contribution >= 4 is 15.9 Å². The molecule has 1 aliphatic rings. The first kappa shape index (κ1) is 7.92. The highest BCUT2D eigenvalue weighted by Gasteiger charge is 2.30. The SMILES string of the molecule is CCC(Br)c1ccc(O)c2c1O2. The lowest BCUT2D eigenvalue weighted by Gasteiger charge is -2.03. The quantitative estimate of drug-likeness (QED) is 0.632. The Labute approximate surface area is 79.3 Å². The zero-order valence-electron chi connectivity index (χ0n) is 6.67. The fourth-order valence-electron chi connectivity index (χ4n) is 1.22. The van der Waals surface area contributed by atoms with Crippen LogP contribution < -0.4 is 4.74 Å². The van der Waals surface area contributed by atoms with E-state index in [-0.39, 0.29) is 5.75 Å². The lowest BCUT2D eigenvalue weighted by molar-refractivity contribution is 0.463. The van der Waals surface area contributed by atoms with E-state index in [4.69, 9.17) is 4.74 Å². The van der Waals surface area contributed by atoms with E-state index >= 15 is 0 Å². The van der Waals surface area contributed by atoms with Gasteiger partial charge in [-0.1, -0.05) is 28.9 Å². The molecule has 1 unspecified atom stereocenters. The maximum atomic E-state index is 9.21. The first-order valence-electron chi connectivity index (χ1n) is 3.91. The molecule has 0 fully saturated rings. The molecule has 0 aromatic heterocycles. The number of aromatic hydroxyl groups is 1. The van der Waals surface area contributed by atoms with Crippen molar-refractivity contribution < 1.29 is 9.84 Å². The lowest BCUT2D eigenvalue weighted by Crippen LogP contribution is -1.83. The van der Waals surface area contributed by atoms with Gasteiger partial charge < -0.3 is 9.84 Å². The zero-order valence-corrected chi connectivity index (χ0v) is 8.26. The van der Waals surface area contributed by atoms with Gasteiger partial charge in [-0.25, -0.2) is 0 Å². The Morgan fingerprint density at radius 2 is 2.25 bits per heavy atom. The van der Waals surface area contributed by atoms with E-state index in [0.29, 0.717) is 10.6 Å². The third kappa shape index (κ3) is 1.08. The van der Waals surface area contributed by atoms with Crippen molar-refractivity contribution in [1.82, 2.24) is 0 Å². The Balaban J connectivity index is 2.38. The van der Waals surface area contributed by atoms with Crippen molar-refractivity contribution in [2.24, 2.45) is 0 Å². The van der Waals surface area contributed by atoms with Gasteiger partial charge in [-0.15, -0.1) is 0 Å². The van der Waals surface area contributed by atoms with E-state index in [1.807, 2.05) is 6.07 Å². The van der Waals surface area contributed by atoms with Gasteiger partial charge in [-0.05, 0) is 12.5 Å². The van der Waals surface area contributed by atoms with Crippen molar-refractivity contribution in [3.05, 3.63) is 17.7 Å². The number of halogens is 1. The van der Waals surface area contributed by atoms with Crippen LogP contribution in [0.4, 0.5) is 0 Å². The summed E-state index contributed by atoms with van der Waals surface area (Å²) in [7, 11) is 0. The summed E-state index contributed by atoms with van der Waals surface area (Å²) in [6, 6.07) is 3.56. The van der Waals surface area contributed by atoms with Gasteiger partial charge in [0, 0.05) is 10.4 Å². The van der Waals surface area contributed by atoms with Crippen molar-refractivity contribution in [3.63, 3.8) is 0 Å². The number of hydrogen-bond acceptors (Lipinski definition) is 2. The van der Waals surface area contributed by atoms with Crippen LogP contribution in [-0.4, -0.2) is 5.11 Å². The summed E-state index contributed by atoms with van der Waals surface area (Å²) in [5.74, 6) is 1.73. The van der Waals surface area contributed by atoms with Crippen LogP contribution in [0.5, 0.6) is 17.2 Å². The van der Waals surface area contributed by atoms with Gasteiger partial charge in [-0.2, -0.15) is 0 Å². The molecule has 0 aliphatic carbocycles. The van der Waals surface area contributed by atoms with Crippen LogP contribution in [0.25, 0.3) is 0 Å². The zero-order chi connectivity index (χ0) is 8.72. The Hall–Kier alpha value is -0.700. The van der Waals surface area contributed by atoms with Gasteiger partial charge in [-0.3, -0.25) is 0 Å². The molecular formula is C9H9BrO2. The molecule has 1 aromatic carbocycles. The molecule has 1 aliphatic heterocycles. The fraction of sp³-hybridized carbons (Fsp3) is 0.333. The first-order chi connectivity index (χ1) is 5.74. The lowest BCUT2D eigenvalue weighted by atomic mass is 10.1. The standard InChI is InChI=1S/C9H9BrO2/c1-2-6(10)5-3-4-7(11)9-8(5)12-9/h3-4,6,11H,2H2,1H3. The van der Waals surface area contributed by atoms with E-state index in [9.17, 15) is 5.11 Å². The van der Waals surface area contributed by atoms with Crippen LogP contribution in [0.15, 0.2) is 12.1 Å². The number of benzene rings is 1. The highest BCUT2D eigenvalue weighted by atomic mass is 79.9. The topological polar surface area (TPSA) is 32.8 Å². The highest BCUT2D eigenvalue weighted by molar-refractivity contribution is 9.09. The average Bonchev–Trinajstić information content (AvgIpc) is 2.84. The predicted molar refractivity (Wildman–Crippen MR) is 50.1 cm³/mol. The van der Waals surface area contributed by atoms with E-state index in [2.05, 4.69) is 22.9 Å². The third-order valence-corrected chi connectivity index (χ3v) is 3.12. The Kier molecular flexibility index (Phi) is 1.76. The summed E-state index contributed by atoms with van der Waals surface area (Å²) in [6.07, 6.45) is 1.01. The molecule has 2 rings (SSSR count). The summed E-state index contributed by atoms with van der Waals surface area (Å²) in [5.41, 5.74) is 1.13. The maximum Gasteiger partial charge on any atom is 0.212 e. The fourth-order valence-corrected chi connectivity index (χ4v) is 1.58. The van der Waals surface area contributed by atoms with Crippen LogP contribution >= 0.6 is 15.9 Å². The first-order valence-corrected chi connectivity index (χ1v) is 4.83. The molecule has 0 radical (unpaired) electrons. The minimum atomic E-state index is 0.240. The molecular weight excluding hydrogens is 220 g/mol. The van der Waals surface area contributed by atoms with Gasteiger partial charge in [0.05, 0.1) is 0 Å². The second-order valence-corrected chi connectivity index (χ2v) is 3.92. The number of hydrogen-bond donors (Lipinski definition) is 1. The van der Waals surface area contributed by atoms with E-state index in [1.165, 1.54) is 0 Å². The highest BCUT2D eigenvalue weighted by Crippen LogP contribution is 2.57.